The van der Waals surface area contributed by atoms with Crippen molar-refractivity contribution in [3.8, 4) is 5.75 Å². The third-order valence-corrected chi connectivity index (χ3v) is 5.45. The molecular formula is C15H25NO2S. The molecule has 0 heterocycles. The Labute approximate surface area is 119 Å². The molecule has 0 bridgehead atoms. The quantitative estimate of drug-likeness (QED) is 0.873. The van der Waals surface area contributed by atoms with E-state index in [0.29, 0.717) is 11.7 Å². The smallest absolute Gasteiger partial charge is 0.123 e. The molecule has 0 aliphatic carbocycles. The fraction of sp³-hybridized carbons (Fsp3) is 0.600. The molecule has 1 aromatic carbocycles. The molecule has 0 radical (unpaired) electrons. The van der Waals surface area contributed by atoms with Gasteiger partial charge in [-0.05, 0) is 30.5 Å². The molecule has 0 amide bonds. The van der Waals surface area contributed by atoms with E-state index in [2.05, 4.69) is 13.8 Å². The minimum Gasteiger partial charge on any atom is -0.496 e. The van der Waals surface area contributed by atoms with Crippen LogP contribution in [-0.2, 0) is 16.6 Å². The van der Waals surface area contributed by atoms with Crippen LogP contribution in [-0.4, -0.2) is 16.6 Å². The first kappa shape index (κ1) is 16.2. The molecule has 0 saturated carbocycles. The van der Waals surface area contributed by atoms with Crippen molar-refractivity contribution in [2.24, 2.45) is 11.7 Å². The van der Waals surface area contributed by atoms with Gasteiger partial charge in [0.05, 0.1) is 12.9 Å². The lowest BCUT2D eigenvalue weighted by atomic mass is 10.1. The zero-order valence-corrected chi connectivity index (χ0v) is 13.3. The van der Waals surface area contributed by atoms with Crippen molar-refractivity contribution < 1.29 is 8.95 Å². The van der Waals surface area contributed by atoms with Gasteiger partial charge in [-0.15, -0.1) is 0 Å². The molecule has 4 heteroatoms. The lowest BCUT2D eigenvalue weighted by Crippen LogP contribution is -2.19. The predicted molar refractivity (Wildman–Crippen MR) is 81.7 cm³/mol. The van der Waals surface area contributed by atoms with Crippen molar-refractivity contribution in [2.75, 3.05) is 7.11 Å². The number of hydrogen-bond acceptors (Lipinski definition) is 3. The van der Waals surface area contributed by atoms with Gasteiger partial charge in [0, 0.05) is 27.7 Å². The summed E-state index contributed by atoms with van der Waals surface area (Å²) < 4.78 is 17.7. The van der Waals surface area contributed by atoms with Crippen LogP contribution < -0.4 is 10.5 Å². The van der Waals surface area contributed by atoms with Crippen LogP contribution in [0, 0.1) is 5.92 Å². The third-order valence-electron chi connectivity index (χ3n) is 3.48. The van der Waals surface area contributed by atoms with Gasteiger partial charge >= 0.3 is 0 Å². The molecule has 108 valence electrons. The Hall–Kier alpha value is -0.870. The summed E-state index contributed by atoms with van der Waals surface area (Å²) >= 11 is 0. The van der Waals surface area contributed by atoms with Crippen molar-refractivity contribution in [1.82, 2.24) is 0 Å². The molecule has 3 nitrogen and oxygen atoms in total. The number of rotatable bonds is 6. The molecule has 0 aliphatic rings. The van der Waals surface area contributed by atoms with Crippen LogP contribution in [0.2, 0.25) is 0 Å². The van der Waals surface area contributed by atoms with Gasteiger partial charge in [-0.25, -0.2) is 0 Å². The summed E-state index contributed by atoms with van der Waals surface area (Å²) in [6.45, 7) is 8.16. The number of benzene rings is 1. The Bertz CT molecular complexity index is 444. The second-order valence-electron chi connectivity index (χ2n) is 5.33. The van der Waals surface area contributed by atoms with Crippen LogP contribution >= 0.6 is 0 Å². The third kappa shape index (κ3) is 4.32. The van der Waals surface area contributed by atoms with E-state index in [0.717, 1.165) is 16.9 Å². The second-order valence-corrected chi connectivity index (χ2v) is 7.13. The molecule has 0 aliphatic heterocycles. The molecule has 1 rings (SSSR count). The van der Waals surface area contributed by atoms with Gasteiger partial charge in [0.1, 0.15) is 5.75 Å². The Balaban J connectivity index is 2.98. The van der Waals surface area contributed by atoms with Crippen LogP contribution in [0.1, 0.15) is 44.9 Å². The van der Waals surface area contributed by atoms with Crippen molar-refractivity contribution in [1.29, 1.82) is 0 Å². The molecule has 2 N–H and O–H groups in total. The van der Waals surface area contributed by atoms with Crippen LogP contribution in [0.5, 0.6) is 5.75 Å². The fourth-order valence-electron chi connectivity index (χ4n) is 1.78. The van der Waals surface area contributed by atoms with Gasteiger partial charge in [-0.1, -0.05) is 26.8 Å². The molecule has 0 spiro atoms. The molecule has 1 aromatic rings. The molecule has 19 heavy (non-hydrogen) atoms. The van der Waals surface area contributed by atoms with Crippen LogP contribution in [0.15, 0.2) is 18.2 Å². The minimum atomic E-state index is -0.900. The lowest BCUT2D eigenvalue weighted by Gasteiger charge is -2.17. The summed E-state index contributed by atoms with van der Waals surface area (Å²) in [4.78, 5) is 0. The number of hydrogen-bond donors (Lipinski definition) is 1. The normalized spacial score (nSPS) is 16.2. The van der Waals surface area contributed by atoms with E-state index in [1.807, 2.05) is 32.0 Å². The number of methoxy groups -OCH3 is 1. The Morgan fingerprint density at radius 3 is 2.37 bits per heavy atom. The first-order valence-electron chi connectivity index (χ1n) is 6.66. The Kier molecular flexibility index (Phi) is 6.01. The SMILES string of the molecule is COc1ccc(C(C)N)cc1CS(=O)C(C)C(C)C. The molecular weight excluding hydrogens is 258 g/mol. The maximum absolute atomic E-state index is 12.3. The Morgan fingerprint density at radius 1 is 1.26 bits per heavy atom. The molecule has 0 aromatic heterocycles. The average molecular weight is 283 g/mol. The van der Waals surface area contributed by atoms with E-state index in [-0.39, 0.29) is 11.3 Å². The minimum absolute atomic E-state index is 0.0272. The number of ether oxygens (including phenoxy) is 1. The zero-order chi connectivity index (χ0) is 14.6. The highest BCUT2D eigenvalue weighted by atomic mass is 32.2. The monoisotopic (exact) mass is 283 g/mol. The van der Waals surface area contributed by atoms with Gasteiger partial charge in [0.15, 0.2) is 0 Å². The molecule has 0 saturated heterocycles. The maximum Gasteiger partial charge on any atom is 0.123 e. The van der Waals surface area contributed by atoms with Gasteiger partial charge < -0.3 is 10.5 Å². The highest BCUT2D eigenvalue weighted by Crippen LogP contribution is 2.25. The van der Waals surface area contributed by atoms with Gasteiger partial charge in [0.25, 0.3) is 0 Å². The van der Waals surface area contributed by atoms with Crippen LogP contribution in [0.3, 0.4) is 0 Å². The van der Waals surface area contributed by atoms with Crippen molar-refractivity contribution in [3.63, 3.8) is 0 Å². The summed E-state index contributed by atoms with van der Waals surface area (Å²) in [7, 11) is 0.738. The van der Waals surface area contributed by atoms with Crippen molar-refractivity contribution in [3.05, 3.63) is 29.3 Å². The van der Waals surface area contributed by atoms with E-state index in [1.165, 1.54) is 0 Å². The molecule has 3 unspecified atom stereocenters. The number of nitrogens with two attached hydrogens (primary N) is 1. The van der Waals surface area contributed by atoms with Gasteiger partial charge in [-0.3, -0.25) is 4.21 Å². The first-order chi connectivity index (χ1) is 8.86. The maximum atomic E-state index is 12.3. The van der Waals surface area contributed by atoms with Crippen LogP contribution in [0.25, 0.3) is 0 Å². The van der Waals surface area contributed by atoms with Gasteiger partial charge in [-0.2, -0.15) is 0 Å². The predicted octanol–water partition coefficient (Wildman–Crippen LogP) is 3.01. The highest BCUT2D eigenvalue weighted by molar-refractivity contribution is 7.84. The largest absolute Gasteiger partial charge is 0.496 e. The Morgan fingerprint density at radius 2 is 1.89 bits per heavy atom. The van der Waals surface area contributed by atoms with Gasteiger partial charge in [0.2, 0.25) is 0 Å². The fourth-order valence-corrected chi connectivity index (χ4v) is 3.18. The lowest BCUT2D eigenvalue weighted by molar-refractivity contribution is 0.411. The summed E-state index contributed by atoms with van der Waals surface area (Å²) in [6, 6.07) is 5.85. The van der Waals surface area contributed by atoms with Crippen molar-refractivity contribution in [2.45, 2.75) is 44.7 Å². The van der Waals surface area contributed by atoms with E-state index in [9.17, 15) is 4.21 Å². The van der Waals surface area contributed by atoms with Crippen molar-refractivity contribution >= 4 is 10.8 Å². The average Bonchev–Trinajstić information content (AvgIpc) is 2.37. The molecule has 3 atom stereocenters. The second kappa shape index (κ2) is 7.06. The van der Waals surface area contributed by atoms with E-state index >= 15 is 0 Å². The van der Waals surface area contributed by atoms with E-state index in [4.69, 9.17) is 10.5 Å². The standard InChI is InChI=1S/C15H25NO2S/c1-10(2)12(4)19(17)9-14-8-13(11(3)16)6-7-15(14)18-5/h6-8,10-12H,9,16H2,1-5H3. The highest BCUT2D eigenvalue weighted by Gasteiger charge is 2.17. The molecule has 0 fully saturated rings. The van der Waals surface area contributed by atoms with Crippen LogP contribution in [0.4, 0.5) is 0 Å². The van der Waals surface area contributed by atoms with E-state index in [1.54, 1.807) is 7.11 Å². The topological polar surface area (TPSA) is 52.3 Å². The zero-order valence-electron chi connectivity index (χ0n) is 12.5. The first-order valence-corrected chi connectivity index (χ1v) is 8.04. The summed E-state index contributed by atoms with van der Waals surface area (Å²) in [6.07, 6.45) is 0. The summed E-state index contributed by atoms with van der Waals surface area (Å²) in [5.41, 5.74) is 7.92. The summed E-state index contributed by atoms with van der Waals surface area (Å²) in [5.74, 6) is 1.71. The summed E-state index contributed by atoms with van der Waals surface area (Å²) in [5, 5.41) is 0.170. The van der Waals surface area contributed by atoms with E-state index < -0.39 is 10.8 Å².